The van der Waals surface area contributed by atoms with Gasteiger partial charge in [-0.3, -0.25) is 14.4 Å². The molecule has 166 valence electrons. The molecule has 0 unspecified atom stereocenters. The third-order valence-corrected chi connectivity index (χ3v) is 6.31. The van der Waals surface area contributed by atoms with E-state index < -0.39 is 11.0 Å². The molecule has 1 saturated carbocycles. The molecule has 0 aromatic carbocycles. The summed E-state index contributed by atoms with van der Waals surface area (Å²) in [4.78, 5) is 23.7. The zero-order chi connectivity index (χ0) is 21.5. The van der Waals surface area contributed by atoms with Crippen LogP contribution in [0.4, 0.5) is 17.5 Å². The molecular formula is C21H28ClN7O2. The first-order chi connectivity index (χ1) is 14.4. The normalized spacial score (nSPS) is 23.4. The van der Waals surface area contributed by atoms with Gasteiger partial charge in [-0.1, -0.05) is 6.92 Å². The van der Waals surface area contributed by atoms with Crippen molar-refractivity contribution in [3.63, 3.8) is 0 Å². The highest BCUT2D eigenvalue weighted by molar-refractivity contribution is 6.02. The summed E-state index contributed by atoms with van der Waals surface area (Å²) in [5.74, 6) is 0.867. The van der Waals surface area contributed by atoms with Gasteiger partial charge in [0.1, 0.15) is 11.2 Å². The van der Waals surface area contributed by atoms with Crippen LogP contribution in [0, 0.1) is 28.6 Å². The van der Waals surface area contributed by atoms with E-state index in [1.165, 1.54) is 0 Å². The number of nitriles is 1. The molecular weight excluding hydrogens is 418 g/mol. The monoisotopic (exact) mass is 445 g/mol. The summed E-state index contributed by atoms with van der Waals surface area (Å²) in [6.45, 7) is 6.25. The van der Waals surface area contributed by atoms with Crippen molar-refractivity contribution in [3.8, 4) is 6.07 Å². The molecule has 31 heavy (non-hydrogen) atoms. The van der Waals surface area contributed by atoms with Crippen molar-refractivity contribution < 1.29 is 9.90 Å². The predicted octanol–water partition coefficient (Wildman–Crippen LogP) is 2.86. The van der Waals surface area contributed by atoms with Crippen LogP contribution in [-0.2, 0) is 10.3 Å². The number of hydrogen-bond acceptors (Lipinski definition) is 7. The van der Waals surface area contributed by atoms with E-state index >= 15 is 0 Å². The van der Waals surface area contributed by atoms with E-state index in [1.54, 1.807) is 34.2 Å². The van der Waals surface area contributed by atoms with E-state index in [0.717, 1.165) is 19.3 Å². The first kappa shape index (κ1) is 23.0. The number of anilines is 3. The van der Waals surface area contributed by atoms with Crippen LogP contribution in [0.2, 0.25) is 0 Å². The lowest BCUT2D eigenvalue weighted by atomic mass is 9.73. The van der Waals surface area contributed by atoms with Crippen LogP contribution in [0.25, 0.3) is 0 Å². The molecule has 0 radical (unpaired) electrons. The largest absolute Gasteiger partial charge is 0.394 e. The second kappa shape index (κ2) is 8.44. The molecule has 9 nitrogen and oxygen atoms in total. The number of halogens is 1. The van der Waals surface area contributed by atoms with Crippen molar-refractivity contribution in [2.75, 3.05) is 23.4 Å². The van der Waals surface area contributed by atoms with Crippen molar-refractivity contribution in [2.45, 2.75) is 45.6 Å². The fourth-order valence-corrected chi connectivity index (χ4v) is 4.25. The fraction of sp³-hybridized carbons (Fsp3) is 0.571. The lowest BCUT2D eigenvalue weighted by molar-refractivity contribution is -0.125. The molecule has 0 spiro atoms. The summed E-state index contributed by atoms with van der Waals surface area (Å²) in [6.07, 6.45) is 7.67. The van der Waals surface area contributed by atoms with Crippen LogP contribution in [0.5, 0.6) is 0 Å². The maximum absolute atomic E-state index is 13.3. The van der Waals surface area contributed by atoms with Crippen LogP contribution in [0.1, 0.15) is 40.0 Å². The Morgan fingerprint density at radius 3 is 2.77 bits per heavy atom. The quantitative estimate of drug-likeness (QED) is 0.672. The van der Waals surface area contributed by atoms with Crippen molar-refractivity contribution >= 4 is 35.8 Å². The number of aromatic nitrogens is 4. The number of hydrogen-bond donors (Lipinski definition) is 2. The predicted molar refractivity (Wildman–Crippen MR) is 118 cm³/mol. The third-order valence-electron chi connectivity index (χ3n) is 6.31. The lowest BCUT2D eigenvalue weighted by Crippen LogP contribution is -2.37. The van der Waals surface area contributed by atoms with Crippen LogP contribution in [0.15, 0.2) is 24.7 Å². The lowest BCUT2D eigenvalue weighted by Gasteiger charge is -2.24. The zero-order valence-corrected chi connectivity index (χ0v) is 18.8. The number of nitrogens with zero attached hydrogens (tertiary/aromatic N) is 6. The van der Waals surface area contributed by atoms with Gasteiger partial charge in [0.05, 0.1) is 30.1 Å². The van der Waals surface area contributed by atoms with Gasteiger partial charge in [-0.25, -0.2) is 4.98 Å². The van der Waals surface area contributed by atoms with Gasteiger partial charge < -0.3 is 10.4 Å². The topological polar surface area (TPSA) is 120 Å². The molecule has 10 heteroatoms. The standard InChI is InChI=1S/C21H27N7O2.ClH/c1-4-14-10-27(18(30)21(14,12-22)15-5-6-15)17-7-8-23-19(26-17)25-16-9-24-28(11-16)20(2,3)13-29;/h7-9,11,14-15,29H,4-6,10,13H2,1-3H3,(H,23,25,26);1H/t14-,21-;/m0./s1. The highest BCUT2D eigenvalue weighted by Crippen LogP contribution is 2.55. The van der Waals surface area contributed by atoms with Gasteiger partial charge in [0.25, 0.3) is 0 Å². The van der Waals surface area contributed by atoms with Gasteiger partial charge in [0.2, 0.25) is 11.9 Å². The molecule has 4 rings (SSSR count). The minimum atomic E-state index is -0.926. The maximum Gasteiger partial charge on any atom is 0.249 e. The van der Waals surface area contributed by atoms with Gasteiger partial charge >= 0.3 is 0 Å². The van der Waals surface area contributed by atoms with E-state index in [1.807, 2.05) is 20.8 Å². The smallest absolute Gasteiger partial charge is 0.249 e. The Morgan fingerprint density at radius 2 is 2.16 bits per heavy atom. The van der Waals surface area contributed by atoms with E-state index in [-0.39, 0.29) is 36.8 Å². The zero-order valence-electron chi connectivity index (χ0n) is 17.9. The Labute approximate surface area is 187 Å². The minimum Gasteiger partial charge on any atom is -0.394 e. The molecule has 2 N–H and O–H groups in total. The van der Waals surface area contributed by atoms with Crippen LogP contribution in [0.3, 0.4) is 0 Å². The molecule has 1 aliphatic heterocycles. The molecule has 2 aliphatic rings. The Morgan fingerprint density at radius 1 is 1.42 bits per heavy atom. The van der Waals surface area contributed by atoms with Crippen molar-refractivity contribution in [3.05, 3.63) is 24.7 Å². The minimum absolute atomic E-state index is 0. The summed E-state index contributed by atoms with van der Waals surface area (Å²) in [5, 5.41) is 26.8. The van der Waals surface area contributed by atoms with E-state index in [4.69, 9.17) is 0 Å². The molecule has 3 heterocycles. The number of nitrogens with one attached hydrogen (secondary N) is 1. The summed E-state index contributed by atoms with van der Waals surface area (Å²) >= 11 is 0. The van der Waals surface area contributed by atoms with E-state index in [9.17, 15) is 15.2 Å². The Kier molecular flexibility index (Phi) is 6.25. The van der Waals surface area contributed by atoms with Crippen LogP contribution >= 0.6 is 12.4 Å². The number of aliphatic hydroxyl groups is 1. The highest BCUT2D eigenvalue weighted by atomic mass is 35.5. The second-order valence-electron chi connectivity index (χ2n) is 8.78. The molecule has 2 atom stereocenters. The molecule has 1 aliphatic carbocycles. The van der Waals surface area contributed by atoms with Crippen LogP contribution in [-0.4, -0.2) is 43.9 Å². The van der Waals surface area contributed by atoms with Crippen LogP contribution < -0.4 is 10.2 Å². The Balaban J connectivity index is 0.00000272. The first-order valence-electron chi connectivity index (χ1n) is 10.3. The number of rotatable bonds is 7. The maximum atomic E-state index is 13.3. The van der Waals surface area contributed by atoms with Crippen molar-refractivity contribution in [1.82, 2.24) is 19.7 Å². The summed E-state index contributed by atoms with van der Waals surface area (Å²) in [6, 6.07) is 4.09. The van der Waals surface area contributed by atoms with E-state index in [0.29, 0.717) is 24.0 Å². The van der Waals surface area contributed by atoms with Gasteiger partial charge in [-0.2, -0.15) is 15.3 Å². The number of carbonyl (C=O) groups excluding carboxylic acids is 1. The fourth-order valence-electron chi connectivity index (χ4n) is 4.25. The molecule has 0 bridgehead atoms. The van der Waals surface area contributed by atoms with Crippen molar-refractivity contribution in [2.24, 2.45) is 17.3 Å². The van der Waals surface area contributed by atoms with Gasteiger partial charge in [0, 0.05) is 24.9 Å². The number of carbonyl (C=O) groups is 1. The summed E-state index contributed by atoms with van der Waals surface area (Å²) < 4.78 is 1.67. The molecule has 2 aromatic rings. The molecule has 1 amide bonds. The van der Waals surface area contributed by atoms with Gasteiger partial charge in [-0.15, -0.1) is 12.4 Å². The van der Waals surface area contributed by atoms with Gasteiger partial charge in [-0.05, 0) is 45.1 Å². The third kappa shape index (κ3) is 3.86. The van der Waals surface area contributed by atoms with Gasteiger partial charge in [0.15, 0.2) is 0 Å². The Bertz CT molecular complexity index is 998. The first-order valence-corrected chi connectivity index (χ1v) is 10.3. The SMILES string of the molecule is CC[C@H]1CN(c2ccnc(Nc3cnn(C(C)(C)CO)c3)n2)C(=O)[C@]1(C#N)C1CC1.Cl. The molecule has 2 fully saturated rings. The average molecular weight is 446 g/mol. The van der Waals surface area contributed by atoms with E-state index in [2.05, 4.69) is 26.5 Å². The van der Waals surface area contributed by atoms with Crippen molar-refractivity contribution in [1.29, 1.82) is 5.26 Å². The second-order valence-corrected chi connectivity index (χ2v) is 8.78. The molecule has 2 aromatic heterocycles. The summed E-state index contributed by atoms with van der Waals surface area (Å²) in [7, 11) is 0. The number of amides is 1. The summed E-state index contributed by atoms with van der Waals surface area (Å²) in [5.41, 5.74) is -0.773. The Hall–Kier alpha value is -2.70. The molecule has 1 saturated heterocycles. The highest BCUT2D eigenvalue weighted by Gasteiger charge is 2.61. The number of aliphatic hydroxyl groups excluding tert-OH is 1. The average Bonchev–Trinajstić information content (AvgIpc) is 3.41.